The number of halogens is 1. The van der Waals surface area contributed by atoms with Crippen LogP contribution >= 0.6 is 0 Å². The summed E-state index contributed by atoms with van der Waals surface area (Å²) in [5.41, 5.74) is 1.88. The molecule has 0 bridgehead atoms. The SMILES string of the molecule is Cc1cc(=O)c(CNC2CC2)cn1-c1ccccc1F. The van der Waals surface area contributed by atoms with E-state index in [2.05, 4.69) is 5.32 Å². The standard InChI is InChI=1S/C16H17FN2O/c1-11-8-16(20)12(9-18-13-6-7-13)10-19(11)15-5-3-2-4-14(15)17/h2-5,8,10,13,18H,6-7,9H2,1H3. The summed E-state index contributed by atoms with van der Waals surface area (Å²) in [6.07, 6.45) is 4.09. The molecular weight excluding hydrogens is 255 g/mol. The predicted molar refractivity (Wildman–Crippen MR) is 76.6 cm³/mol. The zero-order valence-corrected chi connectivity index (χ0v) is 11.4. The summed E-state index contributed by atoms with van der Waals surface area (Å²) in [6.45, 7) is 2.35. The van der Waals surface area contributed by atoms with Gasteiger partial charge in [0.1, 0.15) is 5.82 Å². The van der Waals surface area contributed by atoms with E-state index in [1.54, 1.807) is 35.0 Å². The lowest BCUT2D eigenvalue weighted by Gasteiger charge is -2.13. The second kappa shape index (κ2) is 5.21. The van der Waals surface area contributed by atoms with Crippen molar-refractivity contribution in [3.05, 3.63) is 63.8 Å². The number of benzene rings is 1. The lowest BCUT2D eigenvalue weighted by molar-refractivity contribution is 0.614. The molecule has 1 aliphatic rings. The second-order valence-corrected chi connectivity index (χ2v) is 5.28. The van der Waals surface area contributed by atoms with Crippen molar-refractivity contribution in [2.24, 2.45) is 0 Å². The topological polar surface area (TPSA) is 34.0 Å². The molecule has 1 fully saturated rings. The van der Waals surface area contributed by atoms with Crippen LogP contribution in [0.1, 0.15) is 24.1 Å². The molecule has 0 spiro atoms. The van der Waals surface area contributed by atoms with Crippen molar-refractivity contribution in [1.82, 2.24) is 9.88 Å². The smallest absolute Gasteiger partial charge is 0.186 e. The zero-order chi connectivity index (χ0) is 14.1. The molecule has 1 aromatic heterocycles. The number of aryl methyl sites for hydroxylation is 1. The first-order valence-corrected chi connectivity index (χ1v) is 6.85. The first-order chi connectivity index (χ1) is 9.65. The van der Waals surface area contributed by atoms with Crippen LogP contribution in [0.4, 0.5) is 4.39 Å². The van der Waals surface area contributed by atoms with E-state index in [9.17, 15) is 9.18 Å². The maximum absolute atomic E-state index is 13.9. The van der Waals surface area contributed by atoms with Gasteiger partial charge in [-0.25, -0.2) is 4.39 Å². The van der Waals surface area contributed by atoms with Crippen LogP contribution in [0, 0.1) is 12.7 Å². The highest BCUT2D eigenvalue weighted by atomic mass is 19.1. The number of hydrogen-bond donors (Lipinski definition) is 1. The van der Waals surface area contributed by atoms with Crippen molar-refractivity contribution in [2.75, 3.05) is 0 Å². The number of nitrogens with one attached hydrogen (secondary N) is 1. The largest absolute Gasteiger partial charge is 0.318 e. The minimum Gasteiger partial charge on any atom is -0.318 e. The summed E-state index contributed by atoms with van der Waals surface area (Å²) in [5.74, 6) is -0.291. The predicted octanol–water partition coefficient (Wildman–Crippen LogP) is 2.54. The fraction of sp³-hybridized carbons (Fsp3) is 0.312. The number of para-hydroxylation sites is 1. The molecule has 1 aromatic carbocycles. The van der Waals surface area contributed by atoms with E-state index < -0.39 is 0 Å². The Kier molecular flexibility index (Phi) is 3.40. The Morgan fingerprint density at radius 2 is 2.10 bits per heavy atom. The molecule has 1 heterocycles. The molecule has 0 amide bonds. The third-order valence-corrected chi connectivity index (χ3v) is 3.59. The van der Waals surface area contributed by atoms with E-state index in [0.29, 0.717) is 23.8 Å². The van der Waals surface area contributed by atoms with Gasteiger partial charge in [-0.05, 0) is 31.9 Å². The van der Waals surface area contributed by atoms with Gasteiger partial charge >= 0.3 is 0 Å². The molecule has 0 saturated heterocycles. The first kappa shape index (κ1) is 13.1. The Labute approximate surface area is 117 Å². The molecule has 4 heteroatoms. The van der Waals surface area contributed by atoms with E-state index >= 15 is 0 Å². The number of nitrogens with zero attached hydrogens (tertiary/aromatic N) is 1. The third kappa shape index (κ3) is 2.65. The molecule has 0 unspecified atom stereocenters. The van der Waals surface area contributed by atoms with E-state index in [1.165, 1.54) is 18.9 Å². The maximum atomic E-state index is 13.9. The maximum Gasteiger partial charge on any atom is 0.186 e. The Hall–Kier alpha value is -1.94. The van der Waals surface area contributed by atoms with Crippen molar-refractivity contribution in [3.63, 3.8) is 0 Å². The lowest BCUT2D eigenvalue weighted by Crippen LogP contribution is -2.23. The summed E-state index contributed by atoms with van der Waals surface area (Å²) in [7, 11) is 0. The minimum absolute atomic E-state index is 0.00300. The van der Waals surface area contributed by atoms with Crippen LogP contribution in [0.5, 0.6) is 0 Å². The Bertz CT molecular complexity index is 689. The monoisotopic (exact) mass is 272 g/mol. The van der Waals surface area contributed by atoms with Crippen molar-refractivity contribution < 1.29 is 4.39 Å². The van der Waals surface area contributed by atoms with Crippen LogP contribution in [0.2, 0.25) is 0 Å². The molecule has 3 rings (SSSR count). The van der Waals surface area contributed by atoms with Crippen molar-refractivity contribution in [3.8, 4) is 5.69 Å². The lowest BCUT2D eigenvalue weighted by atomic mass is 10.2. The van der Waals surface area contributed by atoms with Crippen molar-refractivity contribution in [2.45, 2.75) is 32.4 Å². The second-order valence-electron chi connectivity index (χ2n) is 5.28. The summed E-state index contributed by atoms with van der Waals surface area (Å²) in [6, 6.07) is 8.69. The minimum atomic E-state index is -0.291. The van der Waals surface area contributed by atoms with E-state index in [4.69, 9.17) is 0 Å². The fourth-order valence-corrected chi connectivity index (χ4v) is 2.25. The Morgan fingerprint density at radius 1 is 1.35 bits per heavy atom. The van der Waals surface area contributed by atoms with Gasteiger partial charge in [-0.1, -0.05) is 12.1 Å². The van der Waals surface area contributed by atoms with Crippen LogP contribution in [0.3, 0.4) is 0 Å². The zero-order valence-electron chi connectivity index (χ0n) is 11.4. The van der Waals surface area contributed by atoms with Crippen molar-refractivity contribution in [1.29, 1.82) is 0 Å². The number of rotatable bonds is 4. The average Bonchev–Trinajstić information content (AvgIpc) is 3.23. The van der Waals surface area contributed by atoms with Gasteiger partial charge in [0.05, 0.1) is 5.69 Å². The molecule has 0 atom stereocenters. The molecule has 20 heavy (non-hydrogen) atoms. The molecule has 1 aliphatic carbocycles. The van der Waals surface area contributed by atoms with Crippen LogP contribution in [-0.4, -0.2) is 10.6 Å². The molecule has 1 N–H and O–H groups in total. The molecular formula is C16H17FN2O. The van der Waals surface area contributed by atoms with E-state index in [0.717, 1.165) is 5.69 Å². The Morgan fingerprint density at radius 3 is 2.80 bits per heavy atom. The van der Waals surface area contributed by atoms with Gasteiger partial charge in [-0.2, -0.15) is 0 Å². The molecule has 0 radical (unpaired) electrons. The van der Waals surface area contributed by atoms with Crippen LogP contribution in [0.25, 0.3) is 5.69 Å². The van der Waals surface area contributed by atoms with Gasteiger partial charge in [0.2, 0.25) is 0 Å². The van der Waals surface area contributed by atoms with Gasteiger partial charge in [0.15, 0.2) is 5.43 Å². The quantitative estimate of drug-likeness (QED) is 0.928. The van der Waals surface area contributed by atoms with E-state index in [1.807, 2.05) is 6.92 Å². The van der Waals surface area contributed by atoms with Gasteiger partial charge < -0.3 is 9.88 Å². The van der Waals surface area contributed by atoms with Crippen LogP contribution < -0.4 is 10.7 Å². The summed E-state index contributed by atoms with van der Waals surface area (Å²) in [4.78, 5) is 12.0. The van der Waals surface area contributed by atoms with Crippen LogP contribution in [0.15, 0.2) is 41.3 Å². The summed E-state index contributed by atoms with van der Waals surface area (Å²) < 4.78 is 15.6. The van der Waals surface area contributed by atoms with Gasteiger partial charge in [-0.15, -0.1) is 0 Å². The average molecular weight is 272 g/mol. The highest BCUT2D eigenvalue weighted by Crippen LogP contribution is 2.19. The number of aromatic nitrogens is 1. The summed E-state index contributed by atoms with van der Waals surface area (Å²) in [5, 5.41) is 3.32. The third-order valence-electron chi connectivity index (χ3n) is 3.59. The molecule has 3 nitrogen and oxygen atoms in total. The van der Waals surface area contributed by atoms with Gasteiger partial charge in [0, 0.05) is 36.1 Å². The van der Waals surface area contributed by atoms with Crippen LogP contribution in [-0.2, 0) is 6.54 Å². The highest BCUT2D eigenvalue weighted by Gasteiger charge is 2.20. The normalized spacial score (nSPS) is 14.5. The van der Waals surface area contributed by atoms with Crippen molar-refractivity contribution >= 4 is 0 Å². The highest BCUT2D eigenvalue weighted by molar-refractivity contribution is 5.36. The molecule has 1 saturated carbocycles. The van der Waals surface area contributed by atoms with E-state index in [-0.39, 0.29) is 11.2 Å². The fourth-order valence-electron chi connectivity index (χ4n) is 2.25. The molecule has 104 valence electrons. The summed E-state index contributed by atoms with van der Waals surface area (Å²) >= 11 is 0. The van der Waals surface area contributed by atoms with Gasteiger partial charge in [-0.3, -0.25) is 4.79 Å². The number of hydrogen-bond acceptors (Lipinski definition) is 2. The van der Waals surface area contributed by atoms with Gasteiger partial charge in [0.25, 0.3) is 0 Å². The number of pyridine rings is 1. The molecule has 0 aliphatic heterocycles. The Balaban J connectivity index is 1.99. The first-order valence-electron chi connectivity index (χ1n) is 6.85. The molecule has 2 aromatic rings.